The highest BCUT2D eigenvalue weighted by Crippen LogP contribution is 2.36. The number of benzene rings is 3. The number of sulfonamides is 1. The molecule has 1 atom stereocenters. The maximum Gasteiger partial charge on any atom is 0.266 e. The van der Waals surface area contributed by atoms with Crippen LogP contribution in [0.3, 0.4) is 0 Å². The lowest BCUT2D eigenvalue weighted by Gasteiger charge is -2.30. The minimum Gasteiger partial charge on any atom is -0.293 e. The zero-order valence-electron chi connectivity index (χ0n) is 23.8. The summed E-state index contributed by atoms with van der Waals surface area (Å²) in [7, 11) is -3.66. The number of carbonyl (C=O) groups excluding carboxylic acids is 1. The maximum absolute atomic E-state index is 13.6. The van der Waals surface area contributed by atoms with Crippen LogP contribution in [0.4, 0.5) is 0 Å². The molecule has 1 amide bonds. The van der Waals surface area contributed by atoms with E-state index in [1.54, 1.807) is 32.1 Å². The van der Waals surface area contributed by atoms with Crippen LogP contribution in [-0.2, 0) is 21.2 Å². The number of thiocarbonyl (C=S) groups is 1. The molecule has 0 aliphatic carbocycles. The minimum atomic E-state index is -3.66. The highest BCUT2D eigenvalue weighted by molar-refractivity contribution is 8.26. The van der Waals surface area contributed by atoms with Crippen molar-refractivity contribution in [3.63, 3.8) is 0 Å². The van der Waals surface area contributed by atoms with Gasteiger partial charge in [0.15, 0.2) is 0 Å². The van der Waals surface area contributed by atoms with E-state index in [9.17, 15) is 13.2 Å². The van der Waals surface area contributed by atoms with Crippen LogP contribution in [0, 0.1) is 5.92 Å². The zero-order valence-corrected chi connectivity index (χ0v) is 26.2. The van der Waals surface area contributed by atoms with Crippen LogP contribution < -0.4 is 0 Å². The molecule has 220 valence electrons. The van der Waals surface area contributed by atoms with Crippen LogP contribution in [0.15, 0.2) is 101 Å². The van der Waals surface area contributed by atoms with Crippen LogP contribution in [0.25, 0.3) is 23.0 Å². The van der Waals surface area contributed by atoms with Crippen molar-refractivity contribution in [2.45, 2.75) is 31.1 Å². The first-order chi connectivity index (χ1) is 20.8. The first kappa shape index (κ1) is 29.5. The molecule has 0 saturated carbocycles. The van der Waals surface area contributed by atoms with E-state index >= 15 is 0 Å². The number of piperidine rings is 1. The van der Waals surface area contributed by atoms with Gasteiger partial charge in [0.05, 0.1) is 15.5 Å². The summed E-state index contributed by atoms with van der Waals surface area (Å²) in [5.74, 6) is 0.186. The first-order valence-corrected chi connectivity index (χ1v) is 17.0. The molecule has 2 aliphatic rings. The van der Waals surface area contributed by atoms with Crippen molar-refractivity contribution in [1.29, 1.82) is 0 Å². The molecule has 1 unspecified atom stereocenters. The highest BCUT2D eigenvalue weighted by Gasteiger charge is 2.33. The monoisotopic (exact) mass is 628 g/mol. The summed E-state index contributed by atoms with van der Waals surface area (Å²) in [4.78, 5) is 15.9. The van der Waals surface area contributed by atoms with Gasteiger partial charge in [0, 0.05) is 37.0 Å². The third-order valence-corrected chi connectivity index (χ3v) is 11.0. The number of amides is 1. The van der Waals surface area contributed by atoms with Crippen LogP contribution in [0.5, 0.6) is 0 Å². The van der Waals surface area contributed by atoms with Gasteiger partial charge in [-0.25, -0.2) is 13.1 Å². The third kappa shape index (κ3) is 6.38. The Morgan fingerprint density at radius 1 is 1.02 bits per heavy atom. The Labute approximate surface area is 262 Å². The van der Waals surface area contributed by atoms with Gasteiger partial charge in [-0.05, 0) is 61.1 Å². The van der Waals surface area contributed by atoms with Crippen molar-refractivity contribution in [1.82, 2.24) is 19.0 Å². The van der Waals surface area contributed by atoms with Crippen LogP contribution in [-0.4, -0.2) is 57.3 Å². The Morgan fingerprint density at radius 2 is 1.77 bits per heavy atom. The van der Waals surface area contributed by atoms with Gasteiger partial charge >= 0.3 is 0 Å². The second-order valence-corrected chi connectivity index (χ2v) is 14.5. The van der Waals surface area contributed by atoms with Crippen LogP contribution >= 0.6 is 24.0 Å². The van der Waals surface area contributed by atoms with Crippen molar-refractivity contribution in [3.8, 4) is 16.9 Å². The number of nitrogens with zero attached hydrogens (tertiary/aromatic N) is 4. The number of para-hydroxylation sites is 1. The van der Waals surface area contributed by atoms with Crippen molar-refractivity contribution >= 4 is 50.3 Å². The fourth-order valence-electron chi connectivity index (χ4n) is 5.47. The van der Waals surface area contributed by atoms with Crippen molar-refractivity contribution in [2.24, 2.45) is 5.92 Å². The standard InChI is InChI=1S/C33H32N4O3S3/c1-24-10-9-18-35(22-24)43(39,40)29-16-8-13-26(20-29)31-27(23-37(34-31)28-14-6-3-7-15-28)21-30-32(38)36(33(41)42-30)19-17-25-11-4-2-5-12-25/h2-8,11-16,20-21,23-24H,9-10,17-19,22H2,1H3/b30-21-. The average Bonchev–Trinajstić information content (AvgIpc) is 3.57. The lowest BCUT2D eigenvalue weighted by molar-refractivity contribution is -0.122. The van der Waals surface area contributed by atoms with Crippen LogP contribution in [0.2, 0.25) is 0 Å². The molecule has 0 N–H and O–H groups in total. The Hall–Kier alpha value is -3.57. The predicted octanol–water partition coefficient (Wildman–Crippen LogP) is 6.40. The molecule has 2 aliphatic heterocycles. The summed E-state index contributed by atoms with van der Waals surface area (Å²) in [6.45, 7) is 3.63. The first-order valence-electron chi connectivity index (χ1n) is 14.3. The van der Waals surface area contributed by atoms with Crippen molar-refractivity contribution < 1.29 is 13.2 Å². The molecule has 0 radical (unpaired) electrons. The Morgan fingerprint density at radius 3 is 2.51 bits per heavy atom. The fraction of sp³-hybridized carbons (Fsp3) is 0.242. The third-order valence-electron chi connectivity index (χ3n) is 7.76. The number of hydrogen-bond donors (Lipinski definition) is 0. The molecule has 3 heterocycles. The lowest BCUT2D eigenvalue weighted by Crippen LogP contribution is -2.39. The molecule has 10 heteroatoms. The maximum atomic E-state index is 13.6. The summed E-state index contributed by atoms with van der Waals surface area (Å²) in [5.41, 5.74) is 3.94. The van der Waals surface area contributed by atoms with Crippen molar-refractivity contribution in [3.05, 3.63) is 107 Å². The highest BCUT2D eigenvalue weighted by atomic mass is 32.2. The molecule has 2 fully saturated rings. The zero-order chi connectivity index (χ0) is 30.0. The molecule has 0 bridgehead atoms. The Kier molecular flexibility index (Phi) is 8.63. The summed E-state index contributed by atoms with van der Waals surface area (Å²) >= 11 is 6.87. The smallest absolute Gasteiger partial charge is 0.266 e. The average molecular weight is 629 g/mol. The van der Waals surface area contributed by atoms with E-state index in [-0.39, 0.29) is 10.8 Å². The molecule has 0 spiro atoms. The number of carbonyl (C=O) groups is 1. The molecule has 1 aromatic heterocycles. The van der Waals surface area contributed by atoms with Gasteiger partial charge in [0.25, 0.3) is 5.91 Å². The molecular formula is C33H32N4O3S3. The van der Waals surface area contributed by atoms with Crippen molar-refractivity contribution in [2.75, 3.05) is 19.6 Å². The molecule has 6 rings (SSSR count). The number of thioether (sulfide) groups is 1. The fourth-order valence-corrected chi connectivity index (χ4v) is 8.41. The number of hydrogen-bond acceptors (Lipinski definition) is 6. The van der Waals surface area contributed by atoms with E-state index in [4.69, 9.17) is 17.3 Å². The van der Waals surface area contributed by atoms with E-state index in [2.05, 4.69) is 6.92 Å². The van der Waals surface area contributed by atoms with Gasteiger partial charge < -0.3 is 0 Å². The number of rotatable bonds is 8. The summed E-state index contributed by atoms with van der Waals surface area (Å²) in [6, 6.07) is 26.7. The predicted molar refractivity (Wildman–Crippen MR) is 176 cm³/mol. The second-order valence-electron chi connectivity index (χ2n) is 10.9. The van der Waals surface area contributed by atoms with Gasteiger partial charge in [-0.2, -0.15) is 9.40 Å². The van der Waals surface area contributed by atoms with Gasteiger partial charge in [-0.3, -0.25) is 9.69 Å². The van der Waals surface area contributed by atoms with Gasteiger partial charge in [0.2, 0.25) is 10.0 Å². The largest absolute Gasteiger partial charge is 0.293 e. The molecule has 4 aromatic rings. The van der Waals surface area contributed by atoms with E-state index in [1.807, 2.05) is 79.0 Å². The number of aromatic nitrogens is 2. The Bertz CT molecular complexity index is 1790. The van der Waals surface area contributed by atoms with E-state index in [0.717, 1.165) is 24.1 Å². The topological polar surface area (TPSA) is 75.5 Å². The molecular weight excluding hydrogens is 597 g/mol. The van der Waals surface area contributed by atoms with E-state index in [1.165, 1.54) is 11.8 Å². The van der Waals surface area contributed by atoms with Gasteiger partial charge in [-0.15, -0.1) is 0 Å². The quantitative estimate of drug-likeness (QED) is 0.166. The normalized spacial score (nSPS) is 19.0. The minimum absolute atomic E-state index is 0.139. The lowest BCUT2D eigenvalue weighted by atomic mass is 10.0. The van der Waals surface area contributed by atoms with Gasteiger partial charge in [-0.1, -0.05) is 91.6 Å². The van der Waals surface area contributed by atoms with Gasteiger partial charge in [0.1, 0.15) is 10.0 Å². The summed E-state index contributed by atoms with van der Waals surface area (Å²) < 4.78 is 31.1. The summed E-state index contributed by atoms with van der Waals surface area (Å²) in [6.07, 6.45) is 6.28. The van der Waals surface area contributed by atoms with E-state index in [0.29, 0.717) is 58.0 Å². The summed E-state index contributed by atoms with van der Waals surface area (Å²) in [5, 5.41) is 4.88. The second kappa shape index (κ2) is 12.6. The van der Waals surface area contributed by atoms with Crippen LogP contribution in [0.1, 0.15) is 30.9 Å². The molecule has 43 heavy (non-hydrogen) atoms. The molecule has 3 aromatic carbocycles. The Balaban J connectivity index is 1.35. The van der Waals surface area contributed by atoms with E-state index < -0.39 is 10.0 Å². The molecule has 7 nitrogen and oxygen atoms in total. The SMILES string of the molecule is CC1CCCN(S(=O)(=O)c2cccc(-c3nn(-c4ccccc4)cc3/C=C3\SC(=S)N(CCc4ccccc4)C3=O)c2)C1. The molecule has 2 saturated heterocycles.